The van der Waals surface area contributed by atoms with Gasteiger partial charge in [0.25, 0.3) is 0 Å². The van der Waals surface area contributed by atoms with Gasteiger partial charge in [-0.15, -0.1) is 0 Å². The third-order valence-corrected chi connectivity index (χ3v) is 2.74. The summed E-state index contributed by atoms with van der Waals surface area (Å²) >= 11 is 1.57. The Hall–Kier alpha value is -1.16. The van der Waals surface area contributed by atoms with Crippen molar-refractivity contribution < 1.29 is 14.3 Å². The number of hydrogen-bond acceptors (Lipinski definition) is 4. The maximum atomic E-state index is 11.6. The van der Waals surface area contributed by atoms with Gasteiger partial charge in [0.1, 0.15) is 11.4 Å². The molecule has 0 spiro atoms. The van der Waals surface area contributed by atoms with Crippen molar-refractivity contribution >= 4 is 23.1 Å². The maximum Gasteiger partial charge on any atom is 0.306 e. The standard InChI is InChI=1S/C13H18O3S/c1-13(2,3)16-12(15)5-4-11(14)8-10-6-7-17-9-10/h6-7,9H,4-5,8H2,1-3H3. The summed E-state index contributed by atoms with van der Waals surface area (Å²) in [5.74, 6) is -0.231. The second-order valence-corrected chi connectivity index (χ2v) is 5.71. The molecule has 0 radical (unpaired) electrons. The van der Waals surface area contributed by atoms with Gasteiger partial charge in [0.2, 0.25) is 0 Å². The fraction of sp³-hybridized carbons (Fsp3) is 0.538. The van der Waals surface area contributed by atoms with Crippen molar-refractivity contribution in [1.82, 2.24) is 0 Å². The molecule has 0 saturated heterocycles. The molecule has 0 atom stereocenters. The summed E-state index contributed by atoms with van der Waals surface area (Å²) in [7, 11) is 0. The molecule has 0 aliphatic carbocycles. The summed E-state index contributed by atoms with van der Waals surface area (Å²) in [4.78, 5) is 23.0. The predicted molar refractivity (Wildman–Crippen MR) is 68.1 cm³/mol. The normalized spacial score (nSPS) is 11.2. The third-order valence-electron chi connectivity index (χ3n) is 2.01. The molecule has 3 nitrogen and oxygen atoms in total. The Morgan fingerprint density at radius 3 is 2.53 bits per heavy atom. The van der Waals surface area contributed by atoms with Crippen molar-refractivity contribution in [2.24, 2.45) is 0 Å². The van der Waals surface area contributed by atoms with Crippen molar-refractivity contribution in [2.75, 3.05) is 0 Å². The Kier molecular flexibility index (Phi) is 4.87. The quantitative estimate of drug-likeness (QED) is 0.759. The lowest BCUT2D eigenvalue weighted by Gasteiger charge is -2.19. The van der Waals surface area contributed by atoms with E-state index in [4.69, 9.17) is 4.74 Å². The first-order valence-corrected chi connectivity index (χ1v) is 6.56. The van der Waals surface area contributed by atoms with Crippen molar-refractivity contribution in [2.45, 2.75) is 45.6 Å². The Bertz CT molecular complexity index is 374. The first-order chi connectivity index (χ1) is 7.87. The first-order valence-electron chi connectivity index (χ1n) is 5.61. The first kappa shape index (κ1) is 13.9. The molecule has 0 amide bonds. The van der Waals surface area contributed by atoms with Gasteiger partial charge >= 0.3 is 5.97 Å². The minimum Gasteiger partial charge on any atom is -0.460 e. The second-order valence-electron chi connectivity index (χ2n) is 4.93. The Balaban J connectivity index is 2.26. The van der Waals surface area contributed by atoms with Crippen molar-refractivity contribution in [1.29, 1.82) is 0 Å². The van der Waals surface area contributed by atoms with E-state index in [1.807, 2.05) is 37.6 Å². The average Bonchev–Trinajstić information content (AvgIpc) is 2.64. The number of Topliss-reactive ketones (excluding diaryl/α,β-unsaturated/α-hetero) is 1. The lowest BCUT2D eigenvalue weighted by molar-refractivity contribution is -0.155. The van der Waals surface area contributed by atoms with Gasteiger partial charge in [-0.1, -0.05) is 0 Å². The molecule has 0 aromatic carbocycles. The molecule has 4 heteroatoms. The minimum atomic E-state index is -0.479. The van der Waals surface area contributed by atoms with Crippen LogP contribution in [0.25, 0.3) is 0 Å². The van der Waals surface area contributed by atoms with Crippen molar-refractivity contribution in [3.63, 3.8) is 0 Å². The van der Waals surface area contributed by atoms with Gasteiger partial charge in [-0.3, -0.25) is 9.59 Å². The van der Waals surface area contributed by atoms with E-state index in [0.29, 0.717) is 6.42 Å². The highest BCUT2D eigenvalue weighted by Crippen LogP contribution is 2.11. The molecule has 0 aliphatic heterocycles. The third kappa shape index (κ3) is 6.22. The van der Waals surface area contributed by atoms with E-state index in [1.54, 1.807) is 11.3 Å². The van der Waals surface area contributed by atoms with E-state index < -0.39 is 5.60 Å². The summed E-state index contributed by atoms with van der Waals surface area (Å²) in [6.07, 6.45) is 0.831. The van der Waals surface area contributed by atoms with E-state index in [-0.39, 0.29) is 24.6 Å². The molecule has 0 aliphatic rings. The number of hydrogen-bond donors (Lipinski definition) is 0. The molecule has 94 valence electrons. The highest BCUT2D eigenvalue weighted by molar-refractivity contribution is 7.07. The highest BCUT2D eigenvalue weighted by Gasteiger charge is 2.17. The molecule has 0 unspecified atom stereocenters. The number of ketones is 1. The molecule has 1 rings (SSSR count). The second kappa shape index (κ2) is 5.96. The van der Waals surface area contributed by atoms with E-state index >= 15 is 0 Å². The molecule has 0 N–H and O–H groups in total. The molecule has 0 saturated carbocycles. The van der Waals surface area contributed by atoms with Crippen molar-refractivity contribution in [3.05, 3.63) is 22.4 Å². The van der Waals surface area contributed by atoms with Gasteiger partial charge in [0, 0.05) is 12.8 Å². The fourth-order valence-electron chi connectivity index (χ4n) is 1.34. The fourth-order valence-corrected chi connectivity index (χ4v) is 2.01. The lowest BCUT2D eigenvalue weighted by Crippen LogP contribution is -2.24. The predicted octanol–water partition coefficient (Wildman–Crippen LogP) is 2.98. The molecule has 17 heavy (non-hydrogen) atoms. The molecular weight excluding hydrogens is 236 g/mol. The van der Waals surface area contributed by atoms with Crippen LogP contribution in [0.1, 0.15) is 39.2 Å². The number of rotatable bonds is 5. The zero-order valence-corrected chi connectivity index (χ0v) is 11.3. The van der Waals surface area contributed by atoms with Crippen LogP contribution in [0.5, 0.6) is 0 Å². The summed E-state index contributed by atoms with van der Waals surface area (Å²) < 4.78 is 5.13. The summed E-state index contributed by atoms with van der Waals surface area (Å²) in [5, 5.41) is 3.89. The topological polar surface area (TPSA) is 43.4 Å². The molecular formula is C13H18O3S. The number of thiophene rings is 1. The van der Waals surface area contributed by atoms with E-state index in [2.05, 4.69) is 0 Å². The van der Waals surface area contributed by atoms with Gasteiger partial charge in [-0.05, 0) is 43.2 Å². The van der Waals surface area contributed by atoms with Gasteiger partial charge < -0.3 is 4.74 Å². The highest BCUT2D eigenvalue weighted by atomic mass is 32.1. The van der Waals surface area contributed by atoms with Gasteiger partial charge in [-0.25, -0.2) is 0 Å². The molecule has 1 aromatic rings. The Labute approximate surface area is 106 Å². The summed E-state index contributed by atoms with van der Waals surface area (Å²) in [5.41, 5.74) is 0.539. The minimum absolute atomic E-state index is 0.0780. The molecule has 0 fully saturated rings. The largest absolute Gasteiger partial charge is 0.460 e. The number of ether oxygens (including phenoxy) is 1. The molecule has 1 aromatic heterocycles. The lowest BCUT2D eigenvalue weighted by atomic mass is 10.1. The number of carbonyl (C=O) groups is 2. The van der Waals surface area contributed by atoms with Crippen LogP contribution < -0.4 is 0 Å². The van der Waals surface area contributed by atoms with Crippen LogP contribution in [0, 0.1) is 0 Å². The maximum absolute atomic E-state index is 11.6. The van der Waals surface area contributed by atoms with Gasteiger partial charge in [-0.2, -0.15) is 11.3 Å². The Morgan fingerprint density at radius 1 is 1.29 bits per heavy atom. The zero-order valence-electron chi connectivity index (χ0n) is 10.5. The number of esters is 1. The SMILES string of the molecule is CC(C)(C)OC(=O)CCC(=O)Cc1ccsc1. The van der Waals surface area contributed by atoms with Crippen LogP contribution in [0.4, 0.5) is 0 Å². The molecule has 1 heterocycles. The average molecular weight is 254 g/mol. The smallest absolute Gasteiger partial charge is 0.306 e. The summed E-state index contributed by atoms with van der Waals surface area (Å²) in [6.45, 7) is 5.45. The monoisotopic (exact) mass is 254 g/mol. The number of carbonyl (C=O) groups excluding carboxylic acids is 2. The van der Waals surface area contributed by atoms with E-state index in [1.165, 1.54) is 0 Å². The van der Waals surface area contributed by atoms with Crippen LogP contribution in [-0.2, 0) is 20.7 Å². The van der Waals surface area contributed by atoms with Crippen LogP contribution in [0.15, 0.2) is 16.8 Å². The van der Waals surface area contributed by atoms with Crippen LogP contribution in [0.3, 0.4) is 0 Å². The van der Waals surface area contributed by atoms with Crippen molar-refractivity contribution in [3.8, 4) is 0 Å². The van der Waals surface area contributed by atoms with E-state index in [0.717, 1.165) is 5.56 Å². The summed E-state index contributed by atoms with van der Waals surface area (Å²) in [6, 6.07) is 1.93. The van der Waals surface area contributed by atoms with Gasteiger partial charge in [0.15, 0.2) is 0 Å². The van der Waals surface area contributed by atoms with E-state index in [9.17, 15) is 9.59 Å². The van der Waals surface area contributed by atoms with Gasteiger partial charge in [0.05, 0.1) is 6.42 Å². The van der Waals surface area contributed by atoms with Crippen LogP contribution in [-0.4, -0.2) is 17.4 Å². The van der Waals surface area contributed by atoms with Crippen LogP contribution >= 0.6 is 11.3 Å². The van der Waals surface area contributed by atoms with Crippen LogP contribution in [0.2, 0.25) is 0 Å². The zero-order chi connectivity index (χ0) is 12.9. The Morgan fingerprint density at radius 2 is 2.00 bits per heavy atom. The molecule has 0 bridgehead atoms.